The van der Waals surface area contributed by atoms with Crippen molar-refractivity contribution >= 4 is 28.8 Å². The van der Waals surface area contributed by atoms with Gasteiger partial charge in [0, 0.05) is 6.20 Å². The van der Waals surface area contributed by atoms with Gasteiger partial charge in [-0.25, -0.2) is 4.39 Å². The monoisotopic (exact) mass is 209 g/mol. The third-order valence-corrected chi connectivity index (χ3v) is 2.34. The molecule has 4 heteroatoms. The van der Waals surface area contributed by atoms with Crippen LogP contribution < -0.4 is 0 Å². The first-order valence-electron chi connectivity index (χ1n) is 3.92. The molecular formula is C10H5ClFNO. The number of benzene rings is 1. The normalized spacial score (nSPS) is 10.4. The van der Waals surface area contributed by atoms with Gasteiger partial charge in [-0.3, -0.25) is 9.78 Å². The predicted molar refractivity (Wildman–Crippen MR) is 52.1 cm³/mol. The Hall–Kier alpha value is -1.48. The Bertz CT molecular complexity index is 513. The van der Waals surface area contributed by atoms with Crippen LogP contribution in [-0.2, 0) is 0 Å². The number of aldehydes is 1. The van der Waals surface area contributed by atoms with E-state index in [4.69, 9.17) is 11.6 Å². The SMILES string of the molecule is O=Cc1cnc2cccc(F)c2c1Cl. The minimum atomic E-state index is -0.469. The molecule has 1 aromatic carbocycles. The van der Waals surface area contributed by atoms with Gasteiger partial charge in [-0.2, -0.15) is 0 Å². The molecule has 0 aliphatic carbocycles. The molecule has 0 aliphatic heterocycles. The van der Waals surface area contributed by atoms with Crippen LogP contribution in [0, 0.1) is 5.82 Å². The van der Waals surface area contributed by atoms with Crippen LogP contribution in [0.3, 0.4) is 0 Å². The highest BCUT2D eigenvalue weighted by Crippen LogP contribution is 2.26. The van der Waals surface area contributed by atoms with E-state index >= 15 is 0 Å². The maximum absolute atomic E-state index is 13.3. The zero-order valence-electron chi connectivity index (χ0n) is 7.00. The molecule has 2 aromatic rings. The maximum atomic E-state index is 13.3. The van der Waals surface area contributed by atoms with Crippen molar-refractivity contribution < 1.29 is 9.18 Å². The van der Waals surface area contributed by atoms with Gasteiger partial charge >= 0.3 is 0 Å². The molecule has 0 saturated heterocycles. The van der Waals surface area contributed by atoms with Crippen molar-refractivity contribution in [2.45, 2.75) is 0 Å². The first kappa shape index (κ1) is 9.09. The summed E-state index contributed by atoms with van der Waals surface area (Å²) < 4.78 is 13.3. The molecule has 1 heterocycles. The fourth-order valence-electron chi connectivity index (χ4n) is 1.26. The van der Waals surface area contributed by atoms with Crippen molar-refractivity contribution in [1.29, 1.82) is 0 Å². The molecule has 0 N–H and O–H groups in total. The second-order valence-corrected chi connectivity index (χ2v) is 3.16. The Morgan fingerprint density at radius 2 is 2.21 bits per heavy atom. The van der Waals surface area contributed by atoms with E-state index in [0.29, 0.717) is 11.8 Å². The summed E-state index contributed by atoms with van der Waals surface area (Å²) in [5, 5.41) is 0.307. The van der Waals surface area contributed by atoms with Crippen LogP contribution in [0.25, 0.3) is 10.9 Å². The van der Waals surface area contributed by atoms with Crippen molar-refractivity contribution in [3.8, 4) is 0 Å². The van der Waals surface area contributed by atoms with E-state index in [0.717, 1.165) is 0 Å². The quantitative estimate of drug-likeness (QED) is 0.676. The minimum absolute atomic E-state index is 0.114. The van der Waals surface area contributed by atoms with Crippen molar-refractivity contribution in [2.24, 2.45) is 0 Å². The highest BCUT2D eigenvalue weighted by Gasteiger charge is 2.09. The van der Waals surface area contributed by atoms with E-state index in [9.17, 15) is 9.18 Å². The minimum Gasteiger partial charge on any atom is -0.298 e. The summed E-state index contributed by atoms with van der Waals surface area (Å²) in [6.07, 6.45) is 1.89. The molecule has 0 spiro atoms. The summed E-state index contributed by atoms with van der Waals surface area (Å²) >= 11 is 5.84. The lowest BCUT2D eigenvalue weighted by atomic mass is 10.1. The van der Waals surface area contributed by atoms with Gasteiger partial charge in [0.25, 0.3) is 0 Å². The molecule has 2 rings (SSSR count). The summed E-state index contributed by atoms with van der Waals surface area (Å²) in [6.45, 7) is 0. The molecule has 70 valence electrons. The van der Waals surface area contributed by atoms with Crippen molar-refractivity contribution in [2.75, 3.05) is 0 Å². The maximum Gasteiger partial charge on any atom is 0.153 e. The second kappa shape index (κ2) is 3.35. The Morgan fingerprint density at radius 1 is 1.43 bits per heavy atom. The molecule has 0 atom stereocenters. The van der Waals surface area contributed by atoms with Gasteiger partial charge in [-0.15, -0.1) is 0 Å². The zero-order chi connectivity index (χ0) is 10.1. The number of aromatic nitrogens is 1. The number of halogens is 2. The molecular weight excluding hydrogens is 205 g/mol. The smallest absolute Gasteiger partial charge is 0.153 e. The largest absolute Gasteiger partial charge is 0.298 e. The van der Waals surface area contributed by atoms with E-state index < -0.39 is 5.82 Å². The third kappa shape index (κ3) is 1.26. The molecule has 0 amide bonds. The van der Waals surface area contributed by atoms with Crippen LogP contribution >= 0.6 is 11.6 Å². The van der Waals surface area contributed by atoms with Gasteiger partial charge in [-0.05, 0) is 12.1 Å². The summed E-state index contributed by atoms with van der Waals surface area (Å²) in [5.74, 6) is -0.469. The number of hydrogen-bond acceptors (Lipinski definition) is 2. The van der Waals surface area contributed by atoms with Crippen LogP contribution in [0.1, 0.15) is 10.4 Å². The standard InChI is InChI=1S/C10H5ClFNO/c11-10-6(5-14)4-13-8-3-1-2-7(12)9(8)10/h1-5H. The summed E-state index contributed by atoms with van der Waals surface area (Å²) in [6, 6.07) is 4.46. The van der Waals surface area contributed by atoms with E-state index in [2.05, 4.69) is 4.98 Å². The van der Waals surface area contributed by atoms with Gasteiger partial charge in [0.05, 0.1) is 21.5 Å². The average Bonchev–Trinajstić information content (AvgIpc) is 2.18. The van der Waals surface area contributed by atoms with Crippen molar-refractivity contribution in [1.82, 2.24) is 4.98 Å². The predicted octanol–water partition coefficient (Wildman–Crippen LogP) is 2.84. The summed E-state index contributed by atoms with van der Waals surface area (Å²) in [5.41, 5.74) is 0.643. The lowest BCUT2D eigenvalue weighted by molar-refractivity contribution is 0.112. The fourth-order valence-corrected chi connectivity index (χ4v) is 1.54. The molecule has 0 radical (unpaired) electrons. The first-order valence-corrected chi connectivity index (χ1v) is 4.29. The molecule has 0 saturated carbocycles. The van der Waals surface area contributed by atoms with Gasteiger partial charge in [0.15, 0.2) is 6.29 Å². The topological polar surface area (TPSA) is 30.0 Å². The number of hydrogen-bond donors (Lipinski definition) is 0. The molecule has 0 aliphatic rings. The first-order chi connectivity index (χ1) is 6.74. The number of carbonyl (C=O) groups excluding carboxylic acids is 1. The number of nitrogens with zero attached hydrogens (tertiary/aromatic N) is 1. The molecule has 0 fully saturated rings. The lowest BCUT2D eigenvalue weighted by Crippen LogP contribution is -1.90. The number of fused-ring (bicyclic) bond motifs is 1. The fraction of sp³-hybridized carbons (Fsp3) is 0. The highest BCUT2D eigenvalue weighted by atomic mass is 35.5. The molecule has 1 aromatic heterocycles. The van der Waals surface area contributed by atoms with Crippen molar-refractivity contribution in [3.05, 3.63) is 40.8 Å². The Labute approximate surface area is 84.3 Å². The summed E-state index contributed by atoms with van der Waals surface area (Å²) in [4.78, 5) is 14.5. The van der Waals surface area contributed by atoms with Gasteiger partial charge in [0.1, 0.15) is 5.82 Å². The lowest BCUT2D eigenvalue weighted by Gasteiger charge is -2.02. The van der Waals surface area contributed by atoms with Gasteiger partial charge in [0.2, 0.25) is 0 Å². The zero-order valence-corrected chi connectivity index (χ0v) is 7.75. The van der Waals surface area contributed by atoms with E-state index in [1.165, 1.54) is 12.3 Å². The number of carbonyl (C=O) groups is 1. The Balaban J connectivity index is 2.93. The molecule has 0 unspecified atom stereocenters. The van der Waals surface area contributed by atoms with E-state index in [-0.39, 0.29) is 16.0 Å². The van der Waals surface area contributed by atoms with Gasteiger partial charge in [-0.1, -0.05) is 17.7 Å². The van der Waals surface area contributed by atoms with Crippen LogP contribution in [0.15, 0.2) is 24.4 Å². The van der Waals surface area contributed by atoms with Gasteiger partial charge < -0.3 is 0 Å². The Kier molecular flexibility index (Phi) is 2.17. The van der Waals surface area contributed by atoms with E-state index in [1.54, 1.807) is 12.1 Å². The average molecular weight is 210 g/mol. The third-order valence-electron chi connectivity index (χ3n) is 1.93. The van der Waals surface area contributed by atoms with Crippen molar-refractivity contribution in [3.63, 3.8) is 0 Å². The van der Waals surface area contributed by atoms with Crippen LogP contribution in [0.2, 0.25) is 5.02 Å². The van der Waals surface area contributed by atoms with Crippen LogP contribution in [-0.4, -0.2) is 11.3 Å². The highest BCUT2D eigenvalue weighted by molar-refractivity contribution is 6.37. The summed E-state index contributed by atoms with van der Waals surface area (Å²) in [7, 11) is 0. The van der Waals surface area contributed by atoms with Crippen LogP contribution in [0.5, 0.6) is 0 Å². The van der Waals surface area contributed by atoms with Crippen LogP contribution in [0.4, 0.5) is 4.39 Å². The second-order valence-electron chi connectivity index (χ2n) is 2.78. The molecule has 14 heavy (non-hydrogen) atoms. The molecule has 0 bridgehead atoms. The number of pyridine rings is 1. The Morgan fingerprint density at radius 3 is 2.93 bits per heavy atom. The van der Waals surface area contributed by atoms with E-state index in [1.807, 2.05) is 0 Å². The number of rotatable bonds is 1. The molecule has 2 nitrogen and oxygen atoms in total.